The molecular weight excluding hydrogens is 272 g/mol. The highest BCUT2D eigenvalue weighted by Crippen LogP contribution is 2.63. The maximum atomic E-state index is 11.1. The lowest BCUT2D eigenvalue weighted by Crippen LogP contribution is -2.57. The van der Waals surface area contributed by atoms with E-state index in [0.29, 0.717) is 17.8 Å². The number of hydrogen-bond donors (Lipinski definition) is 2. The molecule has 2 fully saturated rings. The highest BCUT2D eigenvalue weighted by molar-refractivity contribution is 5.08. The molecule has 128 valence electrons. The third-order valence-corrected chi connectivity index (χ3v) is 7.14. The molecule has 0 aromatic carbocycles. The highest BCUT2D eigenvalue weighted by Gasteiger charge is 2.57. The van der Waals surface area contributed by atoms with Gasteiger partial charge in [-0.1, -0.05) is 33.3 Å². The van der Waals surface area contributed by atoms with Crippen molar-refractivity contribution >= 4 is 0 Å². The van der Waals surface area contributed by atoms with E-state index in [-0.39, 0.29) is 11.3 Å². The first kappa shape index (κ1) is 18.0. The van der Waals surface area contributed by atoms with Crippen LogP contribution >= 0.6 is 0 Å². The first-order chi connectivity index (χ1) is 9.95. The van der Waals surface area contributed by atoms with Crippen LogP contribution in [-0.4, -0.2) is 21.4 Å². The summed E-state index contributed by atoms with van der Waals surface area (Å²) in [6.07, 6.45) is 8.96. The van der Waals surface area contributed by atoms with Gasteiger partial charge in [0.1, 0.15) is 0 Å². The van der Waals surface area contributed by atoms with E-state index >= 15 is 0 Å². The fourth-order valence-corrected chi connectivity index (χ4v) is 5.80. The molecule has 0 heterocycles. The van der Waals surface area contributed by atoms with E-state index in [4.69, 9.17) is 0 Å². The van der Waals surface area contributed by atoms with Crippen molar-refractivity contribution in [2.75, 3.05) is 0 Å². The maximum absolute atomic E-state index is 11.1. The van der Waals surface area contributed by atoms with Crippen LogP contribution in [0.4, 0.5) is 0 Å². The van der Waals surface area contributed by atoms with Gasteiger partial charge in [-0.25, -0.2) is 0 Å². The van der Waals surface area contributed by atoms with Gasteiger partial charge in [0.05, 0.1) is 11.2 Å². The molecule has 0 aromatic heterocycles. The zero-order valence-corrected chi connectivity index (χ0v) is 15.3. The molecule has 2 nitrogen and oxygen atoms in total. The lowest BCUT2D eigenvalue weighted by Gasteiger charge is -2.61. The summed E-state index contributed by atoms with van der Waals surface area (Å²) < 4.78 is 0. The predicted octanol–water partition coefficient (Wildman–Crippen LogP) is 4.70. The van der Waals surface area contributed by atoms with E-state index < -0.39 is 11.2 Å². The molecule has 2 heteroatoms. The second kappa shape index (κ2) is 5.63. The minimum absolute atomic E-state index is 0.181. The van der Waals surface area contributed by atoms with E-state index in [1.165, 1.54) is 19.3 Å². The largest absolute Gasteiger partial charge is 0.390 e. The molecule has 5 atom stereocenters. The van der Waals surface area contributed by atoms with Gasteiger partial charge in [-0.2, -0.15) is 0 Å². The molecule has 2 rings (SSSR count). The van der Waals surface area contributed by atoms with Gasteiger partial charge in [0.15, 0.2) is 0 Å². The molecule has 2 aliphatic rings. The van der Waals surface area contributed by atoms with Gasteiger partial charge in [0, 0.05) is 0 Å². The van der Waals surface area contributed by atoms with Crippen molar-refractivity contribution in [2.45, 2.75) is 90.8 Å². The maximum Gasteiger partial charge on any atom is 0.0797 e. The van der Waals surface area contributed by atoms with Gasteiger partial charge in [0.25, 0.3) is 0 Å². The van der Waals surface area contributed by atoms with Crippen molar-refractivity contribution in [1.82, 2.24) is 0 Å². The summed E-state index contributed by atoms with van der Waals surface area (Å²) in [6, 6.07) is 0. The van der Waals surface area contributed by atoms with E-state index in [0.717, 1.165) is 19.3 Å². The molecule has 0 radical (unpaired) electrons. The fraction of sp³-hybridized carbons (Fsp3) is 0.900. The smallest absolute Gasteiger partial charge is 0.0797 e. The fourth-order valence-electron chi connectivity index (χ4n) is 5.80. The number of rotatable bonds is 4. The molecule has 0 aromatic rings. The molecule has 2 aliphatic carbocycles. The van der Waals surface area contributed by atoms with Crippen LogP contribution in [0.1, 0.15) is 79.6 Å². The first-order valence-electron chi connectivity index (χ1n) is 9.03. The lowest BCUT2D eigenvalue weighted by molar-refractivity contribution is -0.171. The predicted molar refractivity (Wildman–Crippen MR) is 92.6 cm³/mol. The second-order valence-corrected chi connectivity index (χ2v) is 9.45. The summed E-state index contributed by atoms with van der Waals surface area (Å²) in [5.74, 6) is 0.928. The Balaban J connectivity index is 2.28. The van der Waals surface area contributed by atoms with Crippen molar-refractivity contribution in [3.63, 3.8) is 0 Å². The Kier molecular flexibility index (Phi) is 4.61. The van der Waals surface area contributed by atoms with Gasteiger partial charge in [0.2, 0.25) is 0 Å². The Morgan fingerprint density at radius 2 is 1.82 bits per heavy atom. The summed E-state index contributed by atoms with van der Waals surface area (Å²) in [7, 11) is 0. The Hall–Kier alpha value is -0.340. The molecule has 2 saturated carbocycles. The summed E-state index contributed by atoms with van der Waals surface area (Å²) >= 11 is 0. The van der Waals surface area contributed by atoms with Crippen molar-refractivity contribution in [2.24, 2.45) is 22.7 Å². The molecular formula is C20H36O2. The Morgan fingerprint density at radius 1 is 1.18 bits per heavy atom. The van der Waals surface area contributed by atoms with Crippen LogP contribution in [0.25, 0.3) is 0 Å². The van der Waals surface area contributed by atoms with Crippen LogP contribution in [0.3, 0.4) is 0 Å². The second-order valence-electron chi connectivity index (χ2n) is 9.45. The van der Waals surface area contributed by atoms with Crippen molar-refractivity contribution in [3.8, 4) is 0 Å². The van der Waals surface area contributed by atoms with E-state index in [2.05, 4.69) is 27.4 Å². The first-order valence-corrected chi connectivity index (χ1v) is 9.03. The Morgan fingerprint density at radius 3 is 2.41 bits per heavy atom. The average Bonchev–Trinajstić information content (AvgIpc) is 2.35. The summed E-state index contributed by atoms with van der Waals surface area (Å²) in [5.41, 5.74) is -0.900. The van der Waals surface area contributed by atoms with Gasteiger partial charge in [-0.15, -0.1) is 6.58 Å². The van der Waals surface area contributed by atoms with Gasteiger partial charge in [-0.3, -0.25) is 0 Å². The van der Waals surface area contributed by atoms with Crippen molar-refractivity contribution < 1.29 is 10.2 Å². The van der Waals surface area contributed by atoms with Crippen LogP contribution in [-0.2, 0) is 0 Å². The Labute approximate surface area is 137 Å². The van der Waals surface area contributed by atoms with Gasteiger partial charge < -0.3 is 10.2 Å². The normalized spacial score (nSPS) is 44.0. The van der Waals surface area contributed by atoms with Crippen LogP contribution < -0.4 is 0 Å². The third kappa shape index (κ3) is 3.14. The monoisotopic (exact) mass is 308 g/mol. The number of aliphatic hydroxyl groups is 2. The Bertz CT molecular complexity index is 421. The number of fused-ring (bicyclic) bond motifs is 1. The van der Waals surface area contributed by atoms with Crippen LogP contribution in [0, 0.1) is 22.7 Å². The molecule has 22 heavy (non-hydrogen) atoms. The minimum Gasteiger partial charge on any atom is -0.390 e. The minimum atomic E-state index is -0.830. The van der Waals surface area contributed by atoms with Crippen molar-refractivity contribution in [1.29, 1.82) is 0 Å². The van der Waals surface area contributed by atoms with Crippen LogP contribution in [0.15, 0.2) is 12.7 Å². The molecule has 0 amide bonds. The average molecular weight is 309 g/mol. The molecule has 0 unspecified atom stereocenters. The van der Waals surface area contributed by atoms with Gasteiger partial charge in [-0.05, 0) is 75.0 Å². The molecule has 0 saturated heterocycles. The van der Waals surface area contributed by atoms with Gasteiger partial charge >= 0.3 is 0 Å². The summed E-state index contributed by atoms with van der Waals surface area (Å²) in [4.78, 5) is 0. The lowest BCUT2D eigenvalue weighted by atomic mass is 9.45. The third-order valence-electron chi connectivity index (χ3n) is 7.14. The van der Waals surface area contributed by atoms with E-state index in [1.807, 2.05) is 13.8 Å². The standard InChI is InChI=1S/C20H36O2/c1-7-18(4,21)13-9-16-19(5)12-8-11-17(2,3)15(19)10-14-20(16,6)22/h7,15-16,21-22H,1,8-14H2,2-6H3/t15-,16+,18-,19+,20+/m0/s1. The molecule has 0 spiro atoms. The zero-order valence-electron chi connectivity index (χ0n) is 15.3. The topological polar surface area (TPSA) is 40.5 Å². The quantitative estimate of drug-likeness (QED) is 0.739. The van der Waals surface area contributed by atoms with Crippen molar-refractivity contribution in [3.05, 3.63) is 12.7 Å². The van der Waals surface area contributed by atoms with E-state index in [1.54, 1.807) is 6.08 Å². The number of hydrogen-bond acceptors (Lipinski definition) is 2. The molecule has 2 N–H and O–H groups in total. The molecule has 0 bridgehead atoms. The molecule has 0 aliphatic heterocycles. The highest BCUT2D eigenvalue weighted by atomic mass is 16.3. The SMILES string of the molecule is C=C[C@](C)(O)CC[C@@H]1[C@]2(C)CCCC(C)(C)[C@@H]2CC[C@@]1(C)O. The summed E-state index contributed by atoms with van der Waals surface area (Å²) in [6.45, 7) is 14.8. The zero-order chi connectivity index (χ0) is 16.8. The van der Waals surface area contributed by atoms with E-state index in [9.17, 15) is 10.2 Å². The van der Waals surface area contributed by atoms with Crippen LogP contribution in [0.2, 0.25) is 0 Å². The van der Waals surface area contributed by atoms with Crippen LogP contribution in [0.5, 0.6) is 0 Å². The summed E-state index contributed by atoms with van der Waals surface area (Å²) in [5, 5.41) is 21.4.